The number of aromatic carboxylic acids is 1. The lowest BCUT2D eigenvalue weighted by atomic mass is 10.1. The van der Waals surface area contributed by atoms with Crippen molar-refractivity contribution in [3.8, 4) is 0 Å². The second-order valence-corrected chi connectivity index (χ2v) is 8.16. The van der Waals surface area contributed by atoms with Gasteiger partial charge in [0.05, 0.1) is 0 Å². The van der Waals surface area contributed by atoms with Gasteiger partial charge in [-0.2, -0.15) is 11.8 Å². The third kappa shape index (κ3) is 3.32. The predicted molar refractivity (Wildman–Crippen MR) is 82.4 cm³/mol. The number of carbonyl (C=O) groups is 2. The average molecular weight is 314 g/mol. The van der Waals surface area contributed by atoms with Crippen LogP contribution >= 0.6 is 23.1 Å². The van der Waals surface area contributed by atoms with Crippen molar-refractivity contribution < 1.29 is 14.7 Å². The molecule has 0 bridgehead atoms. The van der Waals surface area contributed by atoms with E-state index in [1.807, 2.05) is 11.8 Å². The number of hydrogen-bond acceptors (Lipinski definition) is 6. The second-order valence-electron chi connectivity index (χ2n) is 5.38. The minimum atomic E-state index is -1.14. The number of rotatable bonds is 3. The molecule has 5 nitrogen and oxygen atoms in total. The highest BCUT2D eigenvalue weighted by atomic mass is 32.2. The summed E-state index contributed by atoms with van der Waals surface area (Å²) in [4.78, 5) is 29.2. The van der Waals surface area contributed by atoms with Gasteiger partial charge in [0.25, 0.3) is 0 Å². The van der Waals surface area contributed by atoms with Crippen LogP contribution < -0.4 is 4.90 Å². The Morgan fingerprint density at radius 2 is 2.05 bits per heavy atom. The Hall–Kier alpha value is -1.08. The fourth-order valence-electron chi connectivity index (χ4n) is 2.04. The van der Waals surface area contributed by atoms with Crippen LogP contribution in [0.25, 0.3) is 0 Å². The molecule has 0 amide bonds. The van der Waals surface area contributed by atoms with E-state index in [-0.39, 0.29) is 21.1 Å². The lowest BCUT2D eigenvalue weighted by molar-refractivity contribution is 0.0687. The topological polar surface area (TPSA) is 70.5 Å². The molecule has 1 aromatic rings. The highest BCUT2D eigenvalue weighted by molar-refractivity contribution is 8.00. The summed E-state index contributed by atoms with van der Waals surface area (Å²) in [5.74, 6) is -0.400. The number of nitrogens with zero attached hydrogens (tertiary/aromatic N) is 2. The van der Waals surface area contributed by atoms with Gasteiger partial charge in [-0.05, 0) is 6.42 Å². The molecule has 1 fully saturated rings. The molecule has 0 radical (unpaired) electrons. The third-order valence-electron chi connectivity index (χ3n) is 3.25. The maximum atomic E-state index is 11.5. The maximum Gasteiger partial charge on any atom is 0.356 e. The molecule has 1 aromatic heterocycles. The van der Waals surface area contributed by atoms with Gasteiger partial charge in [-0.1, -0.05) is 25.2 Å². The molecule has 1 saturated heterocycles. The molecule has 0 aliphatic carbocycles. The van der Waals surface area contributed by atoms with Crippen LogP contribution in [0.5, 0.6) is 0 Å². The molecular formula is C13H18N2O3S2. The van der Waals surface area contributed by atoms with E-state index in [4.69, 9.17) is 5.11 Å². The maximum absolute atomic E-state index is 11.5. The van der Waals surface area contributed by atoms with Crippen molar-refractivity contribution >= 4 is 40.0 Å². The number of carboxylic acid groups (broad SMARTS) is 1. The predicted octanol–water partition coefficient (Wildman–Crippen LogP) is 2.77. The molecule has 0 aromatic carbocycles. The zero-order valence-corrected chi connectivity index (χ0v) is 13.4. The van der Waals surface area contributed by atoms with E-state index in [0.717, 1.165) is 25.3 Å². The van der Waals surface area contributed by atoms with Gasteiger partial charge in [-0.25, -0.2) is 9.78 Å². The normalized spacial score (nSPS) is 18.6. The van der Waals surface area contributed by atoms with Crippen molar-refractivity contribution in [2.45, 2.75) is 31.9 Å². The summed E-state index contributed by atoms with van der Waals surface area (Å²) in [6.45, 7) is 7.48. The van der Waals surface area contributed by atoms with E-state index in [9.17, 15) is 9.59 Å². The number of anilines is 1. The Kier molecular flexibility index (Phi) is 4.39. The van der Waals surface area contributed by atoms with Crippen LogP contribution in [-0.2, 0) is 0 Å². The van der Waals surface area contributed by atoms with E-state index >= 15 is 0 Å². The number of thioether (sulfide) groups is 1. The van der Waals surface area contributed by atoms with Crippen molar-refractivity contribution in [2.75, 3.05) is 23.7 Å². The summed E-state index contributed by atoms with van der Waals surface area (Å²) in [5, 5.41) is 9.78. The van der Waals surface area contributed by atoms with Crippen LogP contribution in [-0.4, -0.2) is 45.4 Å². The van der Waals surface area contributed by atoms with Crippen molar-refractivity contribution in [1.82, 2.24) is 4.98 Å². The second kappa shape index (κ2) is 5.73. The molecule has 1 N–H and O–H groups in total. The van der Waals surface area contributed by atoms with E-state index < -0.39 is 5.97 Å². The number of carbonyl (C=O) groups excluding carboxylic acids is 1. The minimum absolute atomic E-state index is 0.117. The summed E-state index contributed by atoms with van der Waals surface area (Å²) < 4.78 is 0.227. The Labute approximate surface area is 126 Å². The molecular weight excluding hydrogens is 296 g/mol. The Balaban J connectivity index is 2.27. The largest absolute Gasteiger partial charge is 0.476 e. The number of ketones is 1. The van der Waals surface area contributed by atoms with E-state index in [0.29, 0.717) is 5.13 Å². The van der Waals surface area contributed by atoms with Crippen molar-refractivity contribution in [1.29, 1.82) is 0 Å². The van der Waals surface area contributed by atoms with Crippen LogP contribution in [0, 0.1) is 0 Å². The highest BCUT2D eigenvalue weighted by Crippen LogP contribution is 2.34. The molecule has 0 saturated carbocycles. The summed E-state index contributed by atoms with van der Waals surface area (Å²) in [7, 11) is 0. The summed E-state index contributed by atoms with van der Waals surface area (Å²) >= 11 is 3.10. The van der Waals surface area contributed by atoms with E-state index in [1.54, 1.807) is 0 Å². The molecule has 7 heteroatoms. The fourth-order valence-corrected chi connectivity index (χ4v) is 4.14. The third-order valence-corrected chi connectivity index (χ3v) is 5.84. The van der Waals surface area contributed by atoms with Crippen molar-refractivity contribution in [3.63, 3.8) is 0 Å². The summed E-state index contributed by atoms with van der Waals surface area (Å²) in [6, 6.07) is 0. The molecule has 20 heavy (non-hydrogen) atoms. The molecule has 2 rings (SSSR count). The smallest absolute Gasteiger partial charge is 0.356 e. The average Bonchev–Trinajstić information content (AvgIpc) is 2.70. The fraction of sp³-hybridized carbons (Fsp3) is 0.615. The first kappa shape index (κ1) is 15.3. The minimum Gasteiger partial charge on any atom is -0.476 e. The van der Waals surface area contributed by atoms with Gasteiger partial charge >= 0.3 is 5.97 Å². The molecule has 1 aliphatic heterocycles. The first-order valence-corrected chi connectivity index (χ1v) is 8.24. The molecule has 2 heterocycles. The van der Waals surface area contributed by atoms with Crippen LogP contribution in [0.1, 0.15) is 47.4 Å². The zero-order chi connectivity index (χ0) is 14.9. The lowest BCUT2D eigenvalue weighted by Gasteiger charge is -2.22. The molecule has 1 aliphatic rings. The molecule has 0 atom stereocenters. The van der Waals surface area contributed by atoms with E-state index in [1.165, 1.54) is 18.3 Å². The van der Waals surface area contributed by atoms with E-state index in [2.05, 4.69) is 23.7 Å². The number of aromatic nitrogens is 1. The zero-order valence-electron chi connectivity index (χ0n) is 11.8. The molecule has 0 unspecified atom stereocenters. The quantitative estimate of drug-likeness (QED) is 0.865. The number of hydrogen-bond donors (Lipinski definition) is 1. The molecule has 0 spiro atoms. The Morgan fingerprint density at radius 1 is 1.35 bits per heavy atom. The van der Waals surface area contributed by atoms with Gasteiger partial charge in [0.15, 0.2) is 16.6 Å². The van der Waals surface area contributed by atoms with Gasteiger partial charge in [-0.3, -0.25) is 4.79 Å². The molecule has 110 valence electrons. The monoisotopic (exact) mass is 314 g/mol. The summed E-state index contributed by atoms with van der Waals surface area (Å²) in [5.41, 5.74) is -0.117. The Bertz CT molecular complexity index is 508. The van der Waals surface area contributed by atoms with Crippen LogP contribution in [0.15, 0.2) is 0 Å². The lowest BCUT2D eigenvalue weighted by Crippen LogP contribution is -2.26. The van der Waals surface area contributed by atoms with Gasteiger partial charge in [-0.15, -0.1) is 0 Å². The van der Waals surface area contributed by atoms with Gasteiger partial charge in [0, 0.05) is 30.5 Å². The number of carboxylic acids is 1. The standard InChI is InChI=1S/C13H18N2O3S2/c1-8(16)10-9(11(17)18)14-12(20-10)15-5-4-13(2,3)19-7-6-15/h4-7H2,1-3H3,(H,17,18). The summed E-state index contributed by atoms with van der Waals surface area (Å²) in [6.07, 6.45) is 1.01. The van der Waals surface area contributed by atoms with Gasteiger partial charge in [0.1, 0.15) is 4.88 Å². The van der Waals surface area contributed by atoms with Crippen molar-refractivity contribution in [2.24, 2.45) is 0 Å². The van der Waals surface area contributed by atoms with Gasteiger partial charge in [0.2, 0.25) is 0 Å². The number of thiazole rings is 1. The van der Waals surface area contributed by atoms with Crippen LogP contribution in [0.4, 0.5) is 5.13 Å². The van der Waals surface area contributed by atoms with Crippen LogP contribution in [0.3, 0.4) is 0 Å². The first-order valence-electron chi connectivity index (χ1n) is 6.44. The van der Waals surface area contributed by atoms with Crippen molar-refractivity contribution in [3.05, 3.63) is 10.6 Å². The van der Waals surface area contributed by atoms with Crippen LogP contribution in [0.2, 0.25) is 0 Å². The Morgan fingerprint density at radius 3 is 2.60 bits per heavy atom. The number of Topliss-reactive ketones (excluding diaryl/α,β-unsaturated/α-hetero) is 1. The highest BCUT2D eigenvalue weighted by Gasteiger charge is 2.27. The van der Waals surface area contributed by atoms with Gasteiger partial charge < -0.3 is 10.0 Å². The first-order chi connectivity index (χ1) is 9.30. The SMILES string of the molecule is CC(=O)c1sc(N2CCSC(C)(C)CC2)nc1C(=O)O.